The number of carbonyl (C=O) groups is 3. The maximum Gasteiger partial charge on any atom is 0.408 e. The number of halogens is 1. The van der Waals surface area contributed by atoms with Crippen LogP contribution in [0.2, 0.25) is 5.02 Å². The molecule has 0 saturated heterocycles. The van der Waals surface area contributed by atoms with Crippen LogP contribution in [-0.2, 0) is 20.1 Å². The highest BCUT2D eigenvalue weighted by atomic mass is 35.5. The minimum atomic E-state index is -1.21. The smallest absolute Gasteiger partial charge is 0.408 e. The summed E-state index contributed by atoms with van der Waals surface area (Å²) in [6, 6.07) is 6.07. The zero-order valence-corrected chi connectivity index (χ0v) is 17.8. The van der Waals surface area contributed by atoms with Gasteiger partial charge in [-0.2, -0.15) is 0 Å². The molecule has 1 aromatic carbocycles. The van der Waals surface area contributed by atoms with Crippen LogP contribution in [0.15, 0.2) is 36.9 Å². The van der Waals surface area contributed by atoms with Crippen LogP contribution < -0.4 is 5.32 Å². The van der Waals surface area contributed by atoms with Crippen molar-refractivity contribution < 1.29 is 24.2 Å². The number of ketones is 1. The van der Waals surface area contributed by atoms with Gasteiger partial charge in [-0.05, 0) is 17.0 Å². The summed E-state index contributed by atoms with van der Waals surface area (Å²) in [4.78, 5) is 36.6. The molecule has 1 rings (SSSR count). The Hall–Kier alpha value is -1.99. The molecule has 0 aliphatic rings. The second kappa shape index (κ2) is 11.1. The Morgan fingerprint density at radius 1 is 1.32 bits per heavy atom. The predicted molar refractivity (Wildman–Crippen MR) is 112 cm³/mol. The number of thioether (sulfide) groups is 1. The molecule has 154 valence electrons. The van der Waals surface area contributed by atoms with E-state index in [4.69, 9.17) is 16.3 Å². The van der Waals surface area contributed by atoms with Gasteiger partial charge in [-0.15, -0.1) is 11.8 Å². The lowest BCUT2D eigenvalue weighted by Crippen LogP contribution is -2.53. The van der Waals surface area contributed by atoms with E-state index in [-0.39, 0.29) is 12.4 Å². The molecular weight excluding hydrogens is 402 g/mol. The number of benzene rings is 1. The lowest BCUT2D eigenvalue weighted by atomic mass is 9.75. The monoisotopic (exact) mass is 427 g/mol. The van der Waals surface area contributed by atoms with E-state index in [1.165, 1.54) is 17.8 Å². The van der Waals surface area contributed by atoms with Gasteiger partial charge in [0.1, 0.15) is 12.6 Å². The summed E-state index contributed by atoms with van der Waals surface area (Å²) >= 11 is 7.42. The molecule has 0 saturated carbocycles. The van der Waals surface area contributed by atoms with Crippen molar-refractivity contribution in [1.29, 1.82) is 0 Å². The molecule has 0 bridgehead atoms. The Labute approximate surface area is 174 Å². The van der Waals surface area contributed by atoms with Crippen molar-refractivity contribution >= 4 is 41.2 Å². The average Bonchev–Trinajstić information content (AvgIpc) is 2.59. The number of aliphatic carboxylic acids is 1. The maximum atomic E-state index is 12.8. The number of alkyl carbamates (subject to hydrolysis) is 1. The third-order valence-electron chi connectivity index (χ3n) is 3.94. The normalized spacial score (nSPS) is 13.3. The summed E-state index contributed by atoms with van der Waals surface area (Å²) in [7, 11) is 0. The number of amides is 1. The Kier molecular flexibility index (Phi) is 9.55. The van der Waals surface area contributed by atoms with Crippen molar-refractivity contribution in [1.82, 2.24) is 5.32 Å². The van der Waals surface area contributed by atoms with Gasteiger partial charge in [0.2, 0.25) is 0 Å². The molecule has 8 heteroatoms. The van der Waals surface area contributed by atoms with Crippen molar-refractivity contribution in [2.24, 2.45) is 11.3 Å². The SMILES string of the molecule is C=CCOC(=O)N[C@H](C(=O)CSCc1ccccc1Cl)C(C(=O)O)C(C)(C)C. The molecule has 2 atom stereocenters. The predicted octanol–water partition coefficient (Wildman–Crippen LogP) is 4.17. The summed E-state index contributed by atoms with van der Waals surface area (Å²) in [6.07, 6.45) is 0.527. The van der Waals surface area contributed by atoms with Crippen molar-refractivity contribution in [3.8, 4) is 0 Å². The molecule has 2 N–H and O–H groups in total. The van der Waals surface area contributed by atoms with E-state index in [0.717, 1.165) is 5.56 Å². The van der Waals surface area contributed by atoms with E-state index in [1.54, 1.807) is 26.8 Å². The minimum absolute atomic E-state index is 0.0253. The first kappa shape index (κ1) is 24.0. The molecular formula is C20H26ClNO5S. The molecule has 6 nitrogen and oxygen atoms in total. The Morgan fingerprint density at radius 2 is 1.96 bits per heavy atom. The molecule has 1 amide bonds. The minimum Gasteiger partial charge on any atom is -0.481 e. The number of rotatable bonds is 10. The first-order chi connectivity index (χ1) is 13.1. The van der Waals surface area contributed by atoms with Crippen molar-refractivity contribution in [3.63, 3.8) is 0 Å². The Bertz CT molecular complexity index is 717. The summed E-state index contributed by atoms with van der Waals surface area (Å²) < 4.78 is 4.87. The van der Waals surface area contributed by atoms with Gasteiger partial charge in [0.15, 0.2) is 5.78 Å². The van der Waals surface area contributed by atoms with Crippen LogP contribution >= 0.6 is 23.4 Å². The third-order valence-corrected chi connectivity index (χ3v) is 5.32. The van der Waals surface area contributed by atoms with Gasteiger partial charge in [0.25, 0.3) is 0 Å². The van der Waals surface area contributed by atoms with E-state index >= 15 is 0 Å². The van der Waals surface area contributed by atoms with Crippen molar-refractivity contribution in [3.05, 3.63) is 47.5 Å². The largest absolute Gasteiger partial charge is 0.481 e. The number of hydrogen-bond acceptors (Lipinski definition) is 5. The van der Waals surface area contributed by atoms with E-state index in [1.807, 2.05) is 18.2 Å². The van der Waals surface area contributed by atoms with Crippen molar-refractivity contribution in [2.75, 3.05) is 12.4 Å². The fourth-order valence-corrected chi connectivity index (χ4v) is 3.87. The van der Waals surface area contributed by atoms with E-state index in [2.05, 4.69) is 11.9 Å². The summed E-state index contributed by atoms with van der Waals surface area (Å²) in [5, 5.41) is 12.7. The zero-order valence-electron chi connectivity index (χ0n) is 16.2. The van der Waals surface area contributed by atoms with Crippen LogP contribution in [-0.4, -0.2) is 41.4 Å². The van der Waals surface area contributed by atoms with Crippen LogP contribution in [0.4, 0.5) is 4.79 Å². The standard InChI is InChI=1S/C20H26ClNO5S/c1-5-10-27-19(26)22-17(16(18(24)25)20(2,3)4)15(23)12-28-11-13-8-6-7-9-14(13)21/h5-9,16-17H,1,10-12H2,2-4H3,(H,22,26)(H,24,25)/t16?,17-/m1/s1. The van der Waals surface area contributed by atoms with Gasteiger partial charge in [-0.3, -0.25) is 9.59 Å². The number of carbonyl (C=O) groups excluding carboxylic acids is 2. The summed E-state index contributed by atoms with van der Waals surface area (Å²) in [6.45, 7) is 8.53. The highest BCUT2D eigenvalue weighted by Crippen LogP contribution is 2.30. The number of nitrogens with one attached hydrogen (secondary N) is 1. The van der Waals surface area contributed by atoms with Gasteiger partial charge in [-0.25, -0.2) is 4.79 Å². The molecule has 0 aromatic heterocycles. The summed E-state index contributed by atoms with van der Waals surface area (Å²) in [5.74, 6) is -2.15. The van der Waals surface area contributed by atoms with E-state index in [9.17, 15) is 19.5 Å². The van der Waals surface area contributed by atoms with Gasteiger partial charge in [0, 0.05) is 10.8 Å². The first-order valence-corrected chi connectivity index (χ1v) is 10.2. The fourth-order valence-electron chi connectivity index (χ4n) is 2.63. The van der Waals surface area contributed by atoms with Gasteiger partial charge in [0.05, 0.1) is 11.7 Å². The number of carboxylic acids is 1. The van der Waals surface area contributed by atoms with Gasteiger partial charge in [-0.1, -0.05) is 63.2 Å². The number of Topliss-reactive ketones (excluding diaryl/α,β-unsaturated/α-hetero) is 1. The molecule has 28 heavy (non-hydrogen) atoms. The molecule has 0 aliphatic carbocycles. The quantitative estimate of drug-likeness (QED) is 0.544. The fraction of sp³-hybridized carbons (Fsp3) is 0.450. The lowest BCUT2D eigenvalue weighted by molar-refractivity contribution is -0.149. The molecule has 0 fully saturated rings. The maximum absolute atomic E-state index is 12.8. The van der Waals surface area contributed by atoms with Gasteiger partial charge < -0.3 is 15.2 Å². The molecule has 0 radical (unpaired) electrons. The Morgan fingerprint density at radius 3 is 2.50 bits per heavy atom. The van der Waals surface area contributed by atoms with Crippen LogP contribution in [0.5, 0.6) is 0 Å². The number of carboxylic acid groups (broad SMARTS) is 1. The van der Waals surface area contributed by atoms with Crippen LogP contribution in [0, 0.1) is 11.3 Å². The molecule has 1 unspecified atom stereocenters. The molecule has 0 spiro atoms. The molecule has 0 heterocycles. The topological polar surface area (TPSA) is 92.7 Å². The number of ether oxygens (including phenoxy) is 1. The van der Waals surface area contributed by atoms with Crippen LogP contribution in [0.1, 0.15) is 26.3 Å². The van der Waals surface area contributed by atoms with Gasteiger partial charge >= 0.3 is 12.1 Å². The highest BCUT2D eigenvalue weighted by molar-refractivity contribution is 7.99. The highest BCUT2D eigenvalue weighted by Gasteiger charge is 2.42. The Balaban J connectivity index is 2.90. The molecule has 0 aliphatic heterocycles. The average molecular weight is 428 g/mol. The second-order valence-electron chi connectivity index (χ2n) is 7.24. The number of hydrogen-bond donors (Lipinski definition) is 2. The first-order valence-electron chi connectivity index (χ1n) is 8.68. The molecule has 1 aromatic rings. The van der Waals surface area contributed by atoms with E-state index in [0.29, 0.717) is 10.8 Å². The summed E-state index contributed by atoms with van der Waals surface area (Å²) in [5.41, 5.74) is 0.119. The van der Waals surface area contributed by atoms with Crippen molar-refractivity contribution in [2.45, 2.75) is 32.6 Å². The van der Waals surface area contributed by atoms with E-state index < -0.39 is 35.2 Å². The van der Waals surface area contributed by atoms with Crippen LogP contribution in [0.3, 0.4) is 0 Å². The van der Waals surface area contributed by atoms with Crippen LogP contribution in [0.25, 0.3) is 0 Å². The zero-order chi connectivity index (χ0) is 21.3. The second-order valence-corrected chi connectivity index (χ2v) is 8.63. The third kappa shape index (κ3) is 7.56. The lowest BCUT2D eigenvalue weighted by Gasteiger charge is -2.33.